The molecule has 6 nitrogen and oxygen atoms in total. The number of amides is 1. The molecule has 3 aromatic rings. The van der Waals surface area contributed by atoms with Gasteiger partial charge < -0.3 is 10.1 Å². The molecule has 0 spiro atoms. The molecule has 31 heavy (non-hydrogen) atoms. The molecular weight excluding hydrogens is 430 g/mol. The van der Waals surface area contributed by atoms with Crippen LogP contribution < -0.4 is 10.9 Å². The van der Waals surface area contributed by atoms with Crippen molar-refractivity contribution in [3.05, 3.63) is 50.1 Å². The lowest BCUT2D eigenvalue weighted by atomic mass is 10.1. The van der Waals surface area contributed by atoms with Crippen LogP contribution in [0, 0.1) is 27.7 Å². The molecule has 0 aliphatic carbocycles. The fourth-order valence-electron chi connectivity index (χ4n) is 3.23. The predicted octanol–water partition coefficient (Wildman–Crippen LogP) is 4.85. The summed E-state index contributed by atoms with van der Waals surface area (Å²) in [5, 5.41) is 4.19. The third-order valence-corrected chi connectivity index (χ3v) is 7.33. The Morgan fingerprint density at radius 3 is 2.71 bits per heavy atom. The lowest BCUT2D eigenvalue weighted by molar-refractivity contribution is -0.113. The minimum Gasteiger partial charge on any atom is -0.382 e. The number of nitrogens with zero attached hydrogens (tertiary/aromatic N) is 2. The van der Waals surface area contributed by atoms with Gasteiger partial charge in [-0.3, -0.25) is 14.2 Å². The Labute approximate surface area is 191 Å². The highest BCUT2D eigenvalue weighted by atomic mass is 32.2. The van der Waals surface area contributed by atoms with Crippen molar-refractivity contribution in [2.75, 3.05) is 24.3 Å². The van der Waals surface area contributed by atoms with E-state index in [0.29, 0.717) is 36.7 Å². The minimum absolute atomic E-state index is 0.0413. The second kappa shape index (κ2) is 10.4. The first-order valence-corrected chi connectivity index (χ1v) is 12.2. The number of fused-ring (bicyclic) bond motifs is 1. The van der Waals surface area contributed by atoms with Crippen molar-refractivity contribution in [3.8, 4) is 0 Å². The Morgan fingerprint density at radius 1 is 1.23 bits per heavy atom. The van der Waals surface area contributed by atoms with E-state index in [1.54, 1.807) is 4.57 Å². The monoisotopic (exact) mass is 459 g/mol. The molecule has 1 aromatic carbocycles. The molecule has 0 aliphatic rings. The van der Waals surface area contributed by atoms with Gasteiger partial charge >= 0.3 is 0 Å². The number of thioether (sulfide) groups is 1. The molecule has 166 valence electrons. The zero-order chi connectivity index (χ0) is 22.5. The van der Waals surface area contributed by atoms with Crippen molar-refractivity contribution in [3.63, 3.8) is 0 Å². The summed E-state index contributed by atoms with van der Waals surface area (Å²) in [6.45, 7) is 11.7. The van der Waals surface area contributed by atoms with Crippen LogP contribution in [0.15, 0.2) is 28.2 Å². The molecule has 0 radical (unpaired) electrons. The molecule has 2 aromatic heterocycles. The van der Waals surface area contributed by atoms with E-state index in [0.717, 1.165) is 26.5 Å². The van der Waals surface area contributed by atoms with Gasteiger partial charge in [0.25, 0.3) is 5.56 Å². The summed E-state index contributed by atoms with van der Waals surface area (Å²) in [5.41, 5.74) is 4.03. The summed E-state index contributed by atoms with van der Waals surface area (Å²) in [6, 6.07) is 5.85. The molecule has 3 rings (SSSR count). The highest BCUT2D eigenvalue weighted by Crippen LogP contribution is 2.28. The van der Waals surface area contributed by atoms with E-state index >= 15 is 0 Å². The predicted molar refractivity (Wildman–Crippen MR) is 130 cm³/mol. The molecule has 0 saturated heterocycles. The van der Waals surface area contributed by atoms with Gasteiger partial charge in [-0.15, -0.1) is 11.3 Å². The van der Waals surface area contributed by atoms with Crippen LogP contribution in [0.5, 0.6) is 0 Å². The van der Waals surface area contributed by atoms with Gasteiger partial charge in [0.1, 0.15) is 4.83 Å². The van der Waals surface area contributed by atoms with Crippen LogP contribution in [0.1, 0.15) is 34.9 Å². The van der Waals surface area contributed by atoms with Gasteiger partial charge in [-0.2, -0.15) is 0 Å². The van der Waals surface area contributed by atoms with Gasteiger partial charge in [-0.25, -0.2) is 4.98 Å². The number of carbonyl (C=O) groups excluding carboxylic acids is 1. The van der Waals surface area contributed by atoms with Gasteiger partial charge in [0, 0.05) is 30.3 Å². The fraction of sp³-hybridized carbons (Fsp3) is 0.435. The molecule has 1 amide bonds. The maximum atomic E-state index is 13.2. The Kier molecular flexibility index (Phi) is 7.91. The molecule has 0 saturated carbocycles. The Bertz CT molecular complexity index is 1150. The van der Waals surface area contributed by atoms with Crippen LogP contribution in [0.4, 0.5) is 5.69 Å². The molecule has 0 atom stereocenters. The summed E-state index contributed by atoms with van der Waals surface area (Å²) in [6.07, 6.45) is 0.714. The van der Waals surface area contributed by atoms with E-state index in [2.05, 4.69) is 5.32 Å². The highest BCUT2D eigenvalue weighted by Gasteiger charge is 2.17. The summed E-state index contributed by atoms with van der Waals surface area (Å²) >= 11 is 2.82. The van der Waals surface area contributed by atoms with Gasteiger partial charge in [-0.05, 0) is 69.9 Å². The van der Waals surface area contributed by atoms with Crippen LogP contribution in [-0.2, 0) is 16.1 Å². The molecule has 0 fully saturated rings. The topological polar surface area (TPSA) is 73.2 Å². The van der Waals surface area contributed by atoms with Crippen LogP contribution in [0.2, 0.25) is 0 Å². The number of thiophene rings is 1. The van der Waals surface area contributed by atoms with Gasteiger partial charge in [-0.1, -0.05) is 17.8 Å². The Hall–Kier alpha value is -2.16. The normalized spacial score (nSPS) is 11.3. The number of benzene rings is 1. The maximum Gasteiger partial charge on any atom is 0.263 e. The van der Waals surface area contributed by atoms with Crippen molar-refractivity contribution >= 4 is 44.9 Å². The number of ether oxygens (including phenoxy) is 1. The number of hydrogen-bond acceptors (Lipinski definition) is 6. The van der Waals surface area contributed by atoms with Crippen molar-refractivity contribution in [1.29, 1.82) is 0 Å². The lowest BCUT2D eigenvalue weighted by Gasteiger charge is -2.12. The molecule has 0 aliphatic heterocycles. The number of nitrogens with one attached hydrogen (secondary N) is 1. The van der Waals surface area contributed by atoms with Crippen molar-refractivity contribution in [1.82, 2.24) is 9.55 Å². The first-order valence-electron chi connectivity index (χ1n) is 10.4. The van der Waals surface area contributed by atoms with Crippen LogP contribution in [0.25, 0.3) is 10.2 Å². The number of aromatic nitrogens is 2. The smallest absolute Gasteiger partial charge is 0.263 e. The quantitative estimate of drug-likeness (QED) is 0.281. The number of anilines is 1. The molecule has 8 heteroatoms. The second-order valence-corrected chi connectivity index (χ2v) is 9.65. The fourth-order valence-corrected chi connectivity index (χ4v) is 5.13. The zero-order valence-electron chi connectivity index (χ0n) is 18.7. The van der Waals surface area contributed by atoms with E-state index in [1.165, 1.54) is 28.7 Å². The second-order valence-electron chi connectivity index (χ2n) is 7.50. The third kappa shape index (κ3) is 5.56. The first kappa shape index (κ1) is 23.5. The van der Waals surface area contributed by atoms with E-state index in [1.807, 2.05) is 52.8 Å². The Balaban J connectivity index is 1.81. The van der Waals surface area contributed by atoms with Crippen LogP contribution in [0.3, 0.4) is 0 Å². The minimum atomic E-state index is -0.123. The third-order valence-electron chi connectivity index (χ3n) is 5.25. The van der Waals surface area contributed by atoms with Gasteiger partial charge in [0.2, 0.25) is 5.91 Å². The van der Waals surface area contributed by atoms with Gasteiger partial charge in [0.15, 0.2) is 5.16 Å². The van der Waals surface area contributed by atoms with Gasteiger partial charge in [0.05, 0.1) is 11.1 Å². The Morgan fingerprint density at radius 2 is 2.00 bits per heavy atom. The zero-order valence-corrected chi connectivity index (χ0v) is 20.3. The van der Waals surface area contributed by atoms with E-state index in [9.17, 15) is 9.59 Å². The van der Waals surface area contributed by atoms with E-state index in [4.69, 9.17) is 9.72 Å². The van der Waals surface area contributed by atoms with Crippen LogP contribution >= 0.6 is 23.1 Å². The van der Waals surface area contributed by atoms with E-state index < -0.39 is 0 Å². The average molecular weight is 460 g/mol. The standard InChI is InChI=1S/C23H29N3O3S2/c1-6-29-11-7-10-26-22(28)20-16(4)17(5)31-21(20)25-23(26)30-13-19(27)24-18-9-8-14(2)15(3)12-18/h8-9,12H,6-7,10-11,13H2,1-5H3,(H,24,27). The summed E-state index contributed by atoms with van der Waals surface area (Å²) in [4.78, 5) is 32.3. The summed E-state index contributed by atoms with van der Waals surface area (Å²) < 4.78 is 7.12. The molecule has 0 unspecified atom stereocenters. The maximum absolute atomic E-state index is 13.2. The van der Waals surface area contributed by atoms with Crippen LogP contribution in [-0.4, -0.2) is 34.4 Å². The molecule has 2 heterocycles. The largest absolute Gasteiger partial charge is 0.382 e. The highest BCUT2D eigenvalue weighted by molar-refractivity contribution is 7.99. The number of hydrogen-bond donors (Lipinski definition) is 1. The van der Waals surface area contributed by atoms with Crippen molar-refractivity contribution in [2.24, 2.45) is 0 Å². The van der Waals surface area contributed by atoms with Crippen molar-refractivity contribution < 1.29 is 9.53 Å². The number of carbonyl (C=O) groups is 1. The molecule has 0 bridgehead atoms. The number of rotatable bonds is 9. The summed E-state index contributed by atoms with van der Waals surface area (Å²) in [5.74, 6) is 0.0571. The van der Waals surface area contributed by atoms with Crippen molar-refractivity contribution in [2.45, 2.75) is 52.7 Å². The number of aryl methyl sites for hydroxylation is 4. The van der Waals surface area contributed by atoms with E-state index in [-0.39, 0.29) is 17.2 Å². The SMILES string of the molecule is CCOCCCn1c(SCC(=O)Nc2ccc(C)c(C)c2)nc2sc(C)c(C)c2c1=O. The summed E-state index contributed by atoms with van der Waals surface area (Å²) in [7, 11) is 0. The average Bonchev–Trinajstić information content (AvgIpc) is 3.01. The molecular formula is C23H29N3O3S2. The lowest BCUT2D eigenvalue weighted by Crippen LogP contribution is -2.25. The first-order chi connectivity index (χ1) is 14.8. The molecule has 1 N–H and O–H groups in total.